The van der Waals surface area contributed by atoms with E-state index >= 15 is 0 Å². The Hall–Kier alpha value is -1.07. The van der Waals surface area contributed by atoms with E-state index in [4.69, 9.17) is 4.98 Å². The number of hydrogen-bond acceptors (Lipinski definition) is 4. The van der Waals surface area contributed by atoms with Gasteiger partial charge in [0.2, 0.25) is 0 Å². The number of pyridine rings is 1. The van der Waals surface area contributed by atoms with Crippen LogP contribution < -0.4 is 0 Å². The van der Waals surface area contributed by atoms with Gasteiger partial charge in [-0.1, -0.05) is 0 Å². The first-order chi connectivity index (χ1) is 12.6. The van der Waals surface area contributed by atoms with Crippen molar-refractivity contribution in [3.63, 3.8) is 0 Å². The first-order valence-corrected chi connectivity index (χ1v) is 11.5. The molecule has 0 bridgehead atoms. The number of hydrogen-bond donors (Lipinski definition) is 2. The summed E-state index contributed by atoms with van der Waals surface area (Å²) in [5, 5.41) is 19.8. The first kappa shape index (κ1) is 17.1. The van der Waals surface area contributed by atoms with Gasteiger partial charge in [-0.15, -0.1) is 0 Å². The molecule has 130 valence electrons. The molecule has 1 aliphatic heterocycles. The van der Waals surface area contributed by atoms with Crippen LogP contribution >= 0.6 is 56.9 Å². The minimum absolute atomic E-state index is 0.346. The molecule has 26 heavy (non-hydrogen) atoms. The van der Waals surface area contributed by atoms with Crippen molar-refractivity contribution in [3.8, 4) is 17.0 Å². The molecule has 7 heteroatoms. The molecular formula is C19H13I2N3OS. The van der Waals surface area contributed by atoms with Gasteiger partial charge in [-0.25, -0.2) is 4.98 Å². The maximum Gasteiger partial charge on any atom is 0.142 e. The number of aryl methyl sites for hydroxylation is 1. The van der Waals surface area contributed by atoms with E-state index in [9.17, 15) is 5.11 Å². The van der Waals surface area contributed by atoms with Crippen molar-refractivity contribution in [2.75, 3.05) is 5.75 Å². The van der Waals surface area contributed by atoms with Gasteiger partial charge < -0.3 is 5.11 Å². The van der Waals surface area contributed by atoms with Gasteiger partial charge in [0, 0.05) is 22.1 Å². The fraction of sp³-hybridized carbons (Fsp3) is 0.158. The van der Waals surface area contributed by atoms with Gasteiger partial charge in [-0.3, -0.25) is 5.10 Å². The molecule has 0 radical (unpaired) electrons. The number of thioether (sulfide) groups is 1. The number of phenols is 1. The number of phenolic OH excluding ortho intramolecular Hbond substituents is 1. The molecule has 0 saturated carbocycles. The zero-order valence-electron chi connectivity index (χ0n) is 13.5. The molecule has 2 N–H and O–H groups in total. The Kier molecular flexibility index (Phi) is 4.28. The Balaban J connectivity index is 1.88. The molecule has 2 aromatic carbocycles. The van der Waals surface area contributed by atoms with Crippen LogP contribution in [0, 0.1) is 7.14 Å². The molecule has 0 aliphatic carbocycles. The lowest BCUT2D eigenvalue weighted by molar-refractivity contribution is 0.468. The Morgan fingerprint density at radius 2 is 1.92 bits per heavy atom. The van der Waals surface area contributed by atoms with Gasteiger partial charge in [0.15, 0.2) is 0 Å². The number of benzene rings is 2. The number of nitrogens with zero attached hydrogens (tertiary/aromatic N) is 2. The van der Waals surface area contributed by atoms with Crippen molar-refractivity contribution in [2.45, 2.75) is 12.2 Å². The number of fused-ring (bicyclic) bond motifs is 5. The lowest BCUT2D eigenvalue weighted by atomic mass is 9.94. The average molecular weight is 585 g/mol. The Bertz CT molecular complexity index is 1170. The van der Waals surface area contributed by atoms with Crippen LogP contribution in [0.3, 0.4) is 0 Å². The van der Waals surface area contributed by atoms with Crippen molar-refractivity contribution >= 4 is 78.7 Å². The summed E-state index contributed by atoms with van der Waals surface area (Å²) in [6.07, 6.45) is 2.95. The van der Waals surface area contributed by atoms with Crippen molar-refractivity contribution < 1.29 is 5.11 Å². The van der Waals surface area contributed by atoms with E-state index in [0.717, 1.165) is 52.7 Å². The topological polar surface area (TPSA) is 61.8 Å². The zero-order valence-corrected chi connectivity index (χ0v) is 18.6. The van der Waals surface area contributed by atoms with Gasteiger partial charge >= 0.3 is 0 Å². The van der Waals surface area contributed by atoms with Gasteiger partial charge in [0.25, 0.3) is 0 Å². The third-order valence-corrected chi connectivity index (χ3v) is 7.45. The lowest BCUT2D eigenvalue weighted by Crippen LogP contribution is -2.07. The molecule has 0 unspecified atom stereocenters. The van der Waals surface area contributed by atoms with E-state index in [-0.39, 0.29) is 0 Å². The van der Waals surface area contributed by atoms with E-state index in [2.05, 4.69) is 67.5 Å². The van der Waals surface area contributed by atoms with Crippen molar-refractivity contribution in [2.24, 2.45) is 0 Å². The van der Waals surface area contributed by atoms with E-state index in [1.165, 1.54) is 16.5 Å². The quantitative estimate of drug-likeness (QED) is 0.291. The Morgan fingerprint density at radius 3 is 2.73 bits per heavy atom. The number of aromatic nitrogens is 3. The monoisotopic (exact) mass is 585 g/mol. The van der Waals surface area contributed by atoms with Crippen molar-refractivity contribution in [3.05, 3.63) is 48.7 Å². The molecule has 3 heterocycles. The average Bonchev–Trinajstić information content (AvgIpc) is 3.13. The predicted molar refractivity (Wildman–Crippen MR) is 124 cm³/mol. The second-order valence-corrected chi connectivity index (χ2v) is 9.73. The highest BCUT2D eigenvalue weighted by atomic mass is 127. The van der Waals surface area contributed by atoms with Crippen LogP contribution in [0.25, 0.3) is 33.1 Å². The second kappa shape index (κ2) is 6.52. The van der Waals surface area contributed by atoms with Crippen molar-refractivity contribution in [1.29, 1.82) is 0 Å². The summed E-state index contributed by atoms with van der Waals surface area (Å²) >= 11 is 6.33. The molecule has 4 aromatic rings. The van der Waals surface area contributed by atoms with E-state index in [1.54, 1.807) is 0 Å². The minimum atomic E-state index is 0.346. The van der Waals surface area contributed by atoms with E-state index in [0.29, 0.717) is 5.75 Å². The summed E-state index contributed by atoms with van der Waals surface area (Å²) in [7, 11) is 0. The molecule has 5 rings (SSSR count). The standard InChI is InChI=1S/C19H13I2N3OS/c20-13-5-9(6-14(21)19(13)25)18-12-8-26-4-3-10(12)17-11-7-22-24-15(11)1-2-16(17)23-18/h1-2,5-7,25H,3-4,8H2,(H,22,24). The van der Waals surface area contributed by atoms with Gasteiger partial charge in [-0.05, 0) is 92.7 Å². The molecule has 0 spiro atoms. The molecule has 1 aliphatic rings. The summed E-state index contributed by atoms with van der Waals surface area (Å²) in [5.74, 6) is 2.44. The zero-order chi connectivity index (χ0) is 17.8. The third-order valence-electron chi connectivity index (χ3n) is 4.82. The summed E-state index contributed by atoms with van der Waals surface area (Å²) in [6.45, 7) is 0. The Morgan fingerprint density at radius 1 is 1.12 bits per heavy atom. The van der Waals surface area contributed by atoms with Crippen LogP contribution in [-0.2, 0) is 12.2 Å². The summed E-state index contributed by atoms with van der Waals surface area (Å²) in [6, 6.07) is 8.19. The van der Waals surface area contributed by atoms with Gasteiger partial charge in [-0.2, -0.15) is 16.9 Å². The predicted octanol–water partition coefficient (Wildman–Crippen LogP) is 5.48. The van der Waals surface area contributed by atoms with Crippen molar-refractivity contribution in [1.82, 2.24) is 15.2 Å². The van der Waals surface area contributed by atoms with Crippen LogP contribution in [0.5, 0.6) is 5.75 Å². The fourth-order valence-corrected chi connectivity index (χ4v) is 6.39. The number of halogens is 2. The SMILES string of the molecule is Oc1c(I)cc(-c2nc3ccc4[nH]ncc4c3c3c2CSCC3)cc1I. The maximum atomic E-state index is 10.1. The molecule has 0 saturated heterocycles. The summed E-state index contributed by atoms with van der Waals surface area (Å²) in [4.78, 5) is 5.06. The van der Waals surface area contributed by atoms with Crippen LogP contribution in [0.4, 0.5) is 0 Å². The molecule has 2 aromatic heterocycles. The minimum Gasteiger partial charge on any atom is -0.506 e. The molecule has 0 fully saturated rings. The van der Waals surface area contributed by atoms with Gasteiger partial charge in [0.05, 0.1) is 30.1 Å². The van der Waals surface area contributed by atoms with Crippen LogP contribution in [0.15, 0.2) is 30.5 Å². The highest BCUT2D eigenvalue weighted by molar-refractivity contribution is 14.1. The Labute approximate surface area is 181 Å². The molecular weight excluding hydrogens is 572 g/mol. The normalized spacial score (nSPS) is 14.1. The number of nitrogens with one attached hydrogen (secondary N) is 1. The van der Waals surface area contributed by atoms with Crippen LogP contribution in [-0.4, -0.2) is 26.0 Å². The fourth-order valence-electron chi connectivity index (χ4n) is 3.62. The number of rotatable bonds is 1. The molecule has 0 amide bonds. The number of aromatic amines is 1. The second-order valence-electron chi connectivity index (χ2n) is 6.30. The highest BCUT2D eigenvalue weighted by Gasteiger charge is 2.22. The molecule has 4 nitrogen and oxygen atoms in total. The maximum absolute atomic E-state index is 10.1. The lowest BCUT2D eigenvalue weighted by Gasteiger charge is -2.22. The number of H-pyrrole nitrogens is 1. The van der Waals surface area contributed by atoms with E-state index < -0.39 is 0 Å². The number of aromatic hydroxyl groups is 1. The van der Waals surface area contributed by atoms with Crippen LogP contribution in [0.2, 0.25) is 0 Å². The largest absolute Gasteiger partial charge is 0.506 e. The summed E-state index contributed by atoms with van der Waals surface area (Å²) in [5.41, 5.74) is 6.90. The first-order valence-electron chi connectivity index (χ1n) is 8.17. The highest BCUT2D eigenvalue weighted by Crippen LogP contribution is 2.40. The smallest absolute Gasteiger partial charge is 0.142 e. The summed E-state index contributed by atoms with van der Waals surface area (Å²) < 4.78 is 1.71. The third kappa shape index (κ3) is 2.62. The van der Waals surface area contributed by atoms with Gasteiger partial charge in [0.1, 0.15) is 5.75 Å². The van der Waals surface area contributed by atoms with Crippen LogP contribution in [0.1, 0.15) is 11.1 Å². The van der Waals surface area contributed by atoms with E-state index in [1.807, 2.05) is 30.1 Å². The molecule has 0 atom stereocenters.